The number of hydrazone groups is 1. The highest BCUT2D eigenvalue weighted by Crippen LogP contribution is 2.23. The summed E-state index contributed by atoms with van der Waals surface area (Å²) in [5.74, 6) is -0.572. The lowest BCUT2D eigenvalue weighted by Crippen LogP contribution is -2.39. The fourth-order valence-corrected chi connectivity index (χ4v) is 3.98. The van der Waals surface area contributed by atoms with E-state index in [1.807, 2.05) is 6.92 Å². The molecule has 0 fully saturated rings. The Morgan fingerprint density at radius 3 is 2.38 bits per heavy atom. The Kier molecular flexibility index (Phi) is 6.36. The first-order valence-corrected chi connectivity index (χ1v) is 10.3. The average Bonchev–Trinajstić information content (AvgIpc) is 2.74. The molecular weight excluding hydrogens is 388 g/mol. The number of carbonyl (C=O) groups is 1. The number of pyridine rings is 1. The molecule has 0 unspecified atom stereocenters. The maximum Gasteiger partial charge on any atom is 0.264 e. The van der Waals surface area contributed by atoms with Crippen molar-refractivity contribution in [1.29, 1.82) is 0 Å². The zero-order valence-corrected chi connectivity index (χ0v) is 16.6. The van der Waals surface area contributed by atoms with Crippen molar-refractivity contribution < 1.29 is 13.2 Å². The third kappa shape index (κ3) is 5.26. The van der Waals surface area contributed by atoms with E-state index in [9.17, 15) is 13.2 Å². The van der Waals surface area contributed by atoms with Crippen LogP contribution in [0.5, 0.6) is 0 Å². The van der Waals surface area contributed by atoms with Crippen molar-refractivity contribution in [1.82, 2.24) is 10.4 Å². The van der Waals surface area contributed by atoms with Gasteiger partial charge in [-0.15, -0.1) is 0 Å². The van der Waals surface area contributed by atoms with Gasteiger partial charge >= 0.3 is 0 Å². The topological polar surface area (TPSA) is 91.7 Å². The van der Waals surface area contributed by atoms with E-state index in [-0.39, 0.29) is 4.90 Å². The summed E-state index contributed by atoms with van der Waals surface area (Å²) in [4.78, 5) is 16.6. The van der Waals surface area contributed by atoms with Crippen molar-refractivity contribution >= 4 is 27.8 Å². The number of aryl methyl sites for hydroxylation is 1. The van der Waals surface area contributed by atoms with Gasteiger partial charge in [-0.05, 0) is 43.3 Å². The molecule has 3 rings (SSSR count). The van der Waals surface area contributed by atoms with E-state index in [4.69, 9.17) is 0 Å². The Balaban J connectivity index is 1.83. The minimum atomic E-state index is -3.93. The monoisotopic (exact) mass is 408 g/mol. The Labute approximate surface area is 169 Å². The summed E-state index contributed by atoms with van der Waals surface area (Å²) in [5.41, 5.74) is 4.29. The van der Waals surface area contributed by atoms with Crippen molar-refractivity contribution in [3.05, 3.63) is 90.3 Å². The van der Waals surface area contributed by atoms with Gasteiger partial charge in [-0.3, -0.25) is 14.1 Å². The predicted molar refractivity (Wildman–Crippen MR) is 112 cm³/mol. The van der Waals surface area contributed by atoms with Gasteiger partial charge in [-0.1, -0.05) is 42.0 Å². The van der Waals surface area contributed by atoms with Crippen LogP contribution in [-0.4, -0.2) is 32.1 Å². The molecule has 0 bridgehead atoms. The molecule has 0 saturated heterocycles. The maximum atomic E-state index is 13.1. The molecule has 0 spiro atoms. The van der Waals surface area contributed by atoms with Crippen LogP contribution in [0.4, 0.5) is 5.69 Å². The highest BCUT2D eigenvalue weighted by molar-refractivity contribution is 7.92. The number of nitrogens with zero attached hydrogens (tertiary/aromatic N) is 3. The number of amides is 1. The van der Waals surface area contributed by atoms with Gasteiger partial charge in [0.1, 0.15) is 6.54 Å². The van der Waals surface area contributed by atoms with Crippen LogP contribution in [0.3, 0.4) is 0 Å². The number of hydrogen-bond donors (Lipinski definition) is 1. The first-order chi connectivity index (χ1) is 14.0. The van der Waals surface area contributed by atoms with E-state index < -0.39 is 22.5 Å². The van der Waals surface area contributed by atoms with Crippen molar-refractivity contribution in [3.8, 4) is 0 Å². The van der Waals surface area contributed by atoms with Crippen molar-refractivity contribution in [2.45, 2.75) is 11.8 Å². The van der Waals surface area contributed by atoms with Crippen LogP contribution in [0, 0.1) is 6.92 Å². The fraction of sp³-hybridized carbons (Fsp3) is 0.0952. The maximum absolute atomic E-state index is 13.1. The van der Waals surface area contributed by atoms with Crippen LogP contribution in [0.2, 0.25) is 0 Å². The number of rotatable bonds is 7. The minimum absolute atomic E-state index is 0.102. The van der Waals surface area contributed by atoms with E-state index in [2.05, 4.69) is 15.5 Å². The second-order valence-electron chi connectivity index (χ2n) is 6.21. The standard InChI is InChI=1S/C21H20N4O3S/c1-17-10-12-19(13-11-17)25(29(27,28)20-8-3-2-4-9-20)16-21(26)24-23-15-18-7-5-6-14-22-18/h2-15H,16H2,1H3,(H,24,26)/b23-15-. The number of nitrogens with one attached hydrogen (secondary N) is 1. The molecule has 1 heterocycles. The van der Waals surface area contributed by atoms with Crippen molar-refractivity contribution in [2.24, 2.45) is 5.10 Å². The molecule has 0 aliphatic rings. The van der Waals surface area contributed by atoms with Gasteiger partial charge < -0.3 is 0 Å². The lowest BCUT2D eigenvalue weighted by atomic mass is 10.2. The van der Waals surface area contributed by atoms with Crippen molar-refractivity contribution in [3.63, 3.8) is 0 Å². The zero-order chi connectivity index (χ0) is 20.7. The van der Waals surface area contributed by atoms with Gasteiger partial charge in [-0.25, -0.2) is 13.8 Å². The number of benzene rings is 2. The predicted octanol–water partition coefficient (Wildman–Crippen LogP) is 2.74. The molecule has 0 saturated carbocycles. The summed E-state index contributed by atoms with van der Waals surface area (Å²) >= 11 is 0. The highest BCUT2D eigenvalue weighted by Gasteiger charge is 2.26. The van der Waals surface area contributed by atoms with Crippen molar-refractivity contribution in [2.75, 3.05) is 10.8 Å². The second-order valence-corrected chi connectivity index (χ2v) is 8.07. The molecule has 1 aromatic heterocycles. The third-order valence-corrected chi connectivity index (χ3v) is 5.80. The Bertz CT molecular complexity index is 1080. The van der Waals surface area contributed by atoms with E-state index >= 15 is 0 Å². The third-order valence-electron chi connectivity index (χ3n) is 4.01. The Morgan fingerprint density at radius 2 is 1.72 bits per heavy atom. The first kappa shape index (κ1) is 20.2. The molecule has 3 aromatic rings. The Hall–Kier alpha value is -3.52. The summed E-state index contributed by atoms with van der Waals surface area (Å²) in [5, 5.41) is 3.85. The molecule has 8 heteroatoms. The lowest BCUT2D eigenvalue weighted by molar-refractivity contribution is -0.119. The summed E-state index contributed by atoms with van der Waals surface area (Å²) in [6.07, 6.45) is 2.99. The summed E-state index contributed by atoms with van der Waals surface area (Å²) in [6, 6.07) is 20.2. The second kappa shape index (κ2) is 9.11. The van der Waals surface area contributed by atoms with Crippen LogP contribution in [0.25, 0.3) is 0 Å². The average molecular weight is 408 g/mol. The van der Waals surface area contributed by atoms with Gasteiger partial charge in [0.2, 0.25) is 0 Å². The largest absolute Gasteiger partial charge is 0.271 e. The molecule has 0 atom stereocenters. The van der Waals surface area contributed by atoms with Crippen LogP contribution >= 0.6 is 0 Å². The molecule has 7 nitrogen and oxygen atoms in total. The Morgan fingerprint density at radius 1 is 1.03 bits per heavy atom. The molecule has 0 radical (unpaired) electrons. The molecule has 2 aromatic carbocycles. The van der Waals surface area contributed by atoms with E-state index in [0.717, 1.165) is 9.87 Å². The SMILES string of the molecule is Cc1ccc(N(CC(=O)N/N=C\c2ccccn2)S(=O)(=O)c2ccccc2)cc1. The normalized spacial score (nSPS) is 11.3. The summed E-state index contributed by atoms with van der Waals surface area (Å²) in [6.45, 7) is 1.48. The molecule has 29 heavy (non-hydrogen) atoms. The molecule has 0 aliphatic carbocycles. The highest BCUT2D eigenvalue weighted by atomic mass is 32.2. The van der Waals surface area contributed by atoms with Gasteiger partial charge in [-0.2, -0.15) is 5.10 Å². The summed E-state index contributed by atoms with van der Waals surface area (Å²) < 4.78 is 27.4. The number of carbonyl (C=O) groups excluding carboxylic acids is 1. The first-order valence-electron chi connectivity index (χ1n) is 8.84. The van der Waals surface area contributed by atoms with Crippen LogP contribution < -0.4 is 9.73 Å². The number of hydrogen-bond acceptors (Lipinski definition) is 5. The summed E-state index contributed by atoms with van der Waals surface area (Å²) in [7, 11) is -3.93. The van der Waals surface area contributed by atoms with E-state index in [1.54, 1.807) is 66.9 Å². The van der Waals surface area contributed by atoms with E-state index in [1.165, 1.54) is 18.3 Å². The number of sulfonamides is 1. The molecule has 1 N–H and O–H groups in total. The number of aromatic nitrogens is 1. The van der Waals surface area contributed by atoms with Gasteiger partial charge in [0.05, 0.1) is 22.5 Å². The lowest BCUT2D eigenvalue weighted by Gasteiger charge is -2.23. The van der Waals surface area contributed by atoms with E-state index in [0.29, 0.717) is 11.4 Å². The smallest absolute Gasteiger partial charge is 0.264 e. The number of anilines is 1. The van der Waals surface area contributed by atoms with Gasteiger partial charge in [0.25, 0.3) is 15.9 Å². The van der Waals surface area contributed by atoms with Gasteiger partial charge in [0, 0.05) is 6.20 Å². The van der Waals surface area contributed by atoms with Gasteiger partial charge in [0.15, 0.2) is 0 Å². The van der Waals surface area contributed by atoms with Crippen LogP contribution in [-0.2, 0) is 14.8 Å². The zero-order valence-electron chi connectivity index (χ0n) is 15.8. The quantitative estimate of drug-likeness (QED) is 0.481. The minimum Gasteiger partial charge on any atom is -0.271 e. The van der Waals surface area contributed by atoms with Crippen LogP contribution in [0.15, 0.2) is 89.0 Å². The molecular formula is C21H20N4O3S. The molecule has 1 amide bonds. The molecule has 148 valence electrons. The fourth-order valence-electron chi connectivity index (χ4n) is 2.53. The van der Waals surface area contributed by atoms with Crippen LogP contribution in [0.1, 0.15) is 11.3 Å². The molecule has 0 aliphatic heterocycles.